The minimum Gasteiger partial charge on any atom is -0.372 e. The van der Waals surface area contributed by atoms with Crippen LogP contribution < -0.4 is 5.32 Å². The first kappa shape index (κ1) is 15.3. The van der Waals surface area contributed by atoms with Crippen molar-refractivity contribution in [3.63, 3.8) is 0 Å². The van der Waals surface area contributed by atoms with Crippen LogP contribution in [-0.2, 0) is 16.6 Å². The van der Waals surface area contributed by atoms with E-state index in [0.29, 0.717) is 11.8 Å². The molecule has 1 aromatic carbocycles. The van der Waals surface area contributed by atoms with Gasteiger partial charge in [-0.15, -0.1) is 0 Å². The fraction of sp³-hybridized carbons (Fsp3) is 0.350. The minimum absolute atomic E-state index is 0.0610. The average molecular weight is 396 g/mol. The summed E-state index contributed by atoms with van der Waals surface area (Å²) in [5.41, 5.74) is 4.81. The highest BCUT2D eigenvalue weighted by Gasteiger charge is 2.51. The highest BCUT2D eigenvalue weighted by molar-refractivity contribution is 9.10. The van der Waals surface area contributed by atoms with Crippen LogP contribution in [0, 0.1) is 0 Å². The van der Waals surface area contributed by atoms with Crippen LogP contribution in [0.1, 0.15) is 53.1 Å². The van der Waals surface area contributed by atoms with Crippen LogP contribution in [-0.4, -0.2) is 23.8 Å². The molecular weight excluding hydrogens is 378 g/mol. The molecule has 1 amide bonds. The number of pyridine rings is 1. The van der Waals surface area contributed by atoms with E-state index in [9.17, 15) is 4.79 Å². The lowest BCUT2D eigenvalue weighted by atomic mass is 9.71. The number of aromatic nitrogens is 1. The molecule has 1 fully saturated rings. The van der Waals surface area contributed by atoms with Crippen LogP contribution in [0.2, 0.25) is 0 Å². The van der Waals surface area contributed by atoms with Crippen LogP contribution in [0.3, 0.4) is 0 Å². The molecule has 1 aliphatic heterocycles. The largest absolute Gasteiger partial charge is 0.372 e. The number of fused-ring (bicyclic) bond motifs is 4. The SMILES string of the molecule is CNC1=NC(=O)C2(CCc3c(Br)cccc32)c2cc(C3CC3)ncc21. The number of hydrogen-bond donors (Lipinski definition) is 1. The molecule has 5 heteroatoms. The van der Waals surface area contributed by atoms with Crippen LogP contribution >= 0.6 is 15.9 Å². The molecule has 1 spiro atoms. The van der Waals surface area contributed by atoms with Crippen LogP contribution in [0.5, 0.6) is 0 Å². The van der Waals surface area contributed by atoms with Crippen molar-refractivity contribution in [2.24, 2.45) is 4.99 Å². The summed E-state index contributed by atoms with van der Waals surface area (Å²) in [4.78, 5) is 22.3. The first-order chi connectivity index (χ1) is 12.1. The number of amidine groups is 1. The van der Waals surface area contributed by atoms with E-state index in [4.69, 9.17) is 0 Å². The van der Waals surface area contributed by atoms with E-state index in [2.05, 4.69) is 49.4 Å². The van der Waals surface area contributed by atoms with Crippen LogP contribution in [0.25, 0.3) is 0 Å². The minimum atomic E-state index is -0.665. The zero-order valence-electron chi connectivity index (χ0n) is 14.0. The molecule has 1 unspecified atom stereocenters. The molecular formula is C20H18BrN3O. The second-order valence-corrected chi connectivity index (χ2v) is 7.97. The molecule has 0 radical (unpaired) electrons. The molecule has 3 aliphatic rings. The van der Waals surface area contributed by atoms with Gasteiger partial charge >= 0.3 is 0 Å². The Labute approximate surface area is 154 Å². The monoisotopic (exact) mass is 395 g/mol. The van der Waals surface area contributed by atoms with Crippen LogP contribution in [0.4, 0.5) is 0 Å². The molecule has 2 aliphatic carbocycles. The van der Waals surface area contributed by atoms with Gasteiger partial charge in [0.25, 0.3) is 5.91 Å². The van der Waals surface area contributed by atoms with Gasteiger partial charge in [-0.3, -0.25) is 9.78 Å². The van der Waals surface area contributed by atoms with E-state index in [1.54, 1.807) is 0 Å². The molecule has 4 nitrogen and oxygen atoms in total. The van der Waals surface area contributed by atoms with Crippen molar-refractivity contribution in [2.75, 3.05) is 7.05 Å². The third-order valence-corrected chi connectivity index (χ3v) is 6.52. The Morgan fingerprint density at radius 2 is 2.12 bits per heavy atom. The molecule has 25 heavy (non-hydrogen) atoms. The summed E-state index contributed by atoms with van der Waals surface area (Å²) in [6.45, 7) is 0. The zero-order valence-corrected chi connectivity index (χ0v) is 15.6. The molecule has 0 saturated heterocycles. The van der Waals surface area contributed by atoms with Gasteiger partial charge in [0.05, 0.1) is 0 Å². The first-order valence-electron chi connectivity index (χ1n) is 8.74. The van der Waals surface area contributed by atoms with Crippen molar-refractivity contribution in [3.05, 3.63) is 62.9 Å². The van der Waals surface area contributed by atoms with Crippen LogP contribution in [0.15, 0.2) is 39.9 Å². The molecule has 0 bridgehead atoms. The normalized spacial score (nSPS) is 24.1. The number of nitrogens with zero attached hydrogens (tertiary/aromatic N) is 2. The molecule has 1 N–H and O–H groups in total. The molecule has 126 valence electrons. The Bertz CT molecular complexity index is 948. The Balaban J connectivity index is 1.80. The van der Waals surface area contributed by atoms with Crippen molar-refractivity contribution in [1.82, 2.24) is 10.3 Å². The van der Waals surface area contributed by atoms with E-state index in [1.165, 1.54) is 18.4 Å². The van der Waals surface area contributed by atoms with Crippen molar-refractivity contribution >= 4 is 27.7 Å². The number of hydrogen-bond acceptors (Lipinski definition) is 3. The molecule has 2 aromatic rings. The number of rotatable bonds is 1. The second-order valence-electron chi connectivity index (χ2n) is 7.12. The predicted molar refractivity (Wildman–Crippen MR) is 100 cm³/mol. The van der Waals surface area contributed by atoms with E-state index >= 15 is 0 Å². The van der Waals surface area contributed by atoms with Gasteiger partial charge in [-0.25, -0.2) is 0 Å². The van der Waals surface area contributed by atoms with E-state index < -0.39 is 5.41 Å². The van der Waals surface area contributed by atoms with Gasteiger partial charge in [-0.1, -0.05) is 28.1 Å². The van der Waals surface area contributed by atoms with Crippen molar-refractivity contribution < 1.29 is 4.79 Å². The summed E-state index contributed by atoms with van der Waals surface area (Å²) in [6, 6.07) is 8.33. The maximum atomic E-state index is 13.3. The number of carbonyl (C=O) groups is 1. The third-order valence-electron chi connectivity index (χ3n) is 5.78. The maximum Gasteiger partial charge on any atom is 0.262 e. The van der Waals surface area contributed by atoms with Gasteiger partial charge in [-0.05, 0) is 54.5 Å². The molecule has 1 aromatic heterocycles. The van der Waals surface area contributed by atoms with Crippen molar-refractivity contribution in [3.8, 4) is 0 Å². The van der Waals surface area contributed by atoms with Crippen molar-refractivity contribution in [1.29, 1.82) is 0 Å². The summed E-state index contributed by atoms with van der Waals surface area (Å²) in [6.07, 6.45) is 5.95. The Kier molecular flexibility index (Phi) is 3.20. The fourth-order valence-corrected chi connectivity index (χ4v) is 4.90. The first-order valence-corrected chi connectivity index (χ1v) is 9.54. The number of benzene rings is 1. The smallest absolute Gasteiger partial charge is 0.262 e. The molecule has 5 rings (SSSR count). The van der Waals surface area contributed by atoms with Gasteiger partial charge in [0.1, 0.15) is 11.3 Å². The van der Waals surface area contributed by atoms with Gasteiger partial charge in [0, 0.05) is 34.9 Å². The summed E-state index contributed by atoms with van der Waals surface area (Å²) >= 11 is 3.66. The Hall–Kier alpha value is -2.01. The summed E-state index contributed by atoms with van der Waals surface area (Å²) in [5, 5.41) is 3.08. The summed E-state index contributed by atoms with van der Waals surface area (Å²) in [7, 11) is 1.81. The Morgan fingerprint density at radius 1 is 1.28 bits per heavy atom. The lowest BCUT2D eigenvalue weighted by Crippen LogP contribution is -2.42. The number of aliphatic imine (C=N–C) groups is 1. The lowest BCUT2D eigenvalue weighted by Gasteiger charge is -2.33. The molecule has 1 saturated carbocycles. The summed E-state index contributed by atoms with van der Waals surface area (Å²) in [5.74, 6) is 1.12. The number of amides is 1. The average Bonchev–Trinajstić information content (AvgIpc) is 3.40. The highest BCUT2D eigenvalue weighted by Crippen LogP contribution is 2.50. The molecule has 2 heterocycles. The quantitative estimate of drug-likeness (QED) is 0.804. The van der Waals surface area contributed by atoms with Crippen molar-refractivity contribution in [2.45, 2.75) is 37.0 Å². The second kappa shape index (κ2) is 5.24. The van der Waals surface area contributed by atoms with Gasteiger partial charge in [-0.2, -0.15) is 4.99 Å². The van der Waals surface area contributed by atoms with Gasteiger partial charge < -0.3 is 5.32 Å². The number of carbonyl (C=O) groups excluding carboxylic acids is 1. The zero-order chi connectivity index (χ0) is 17.2. The standard InChI is InChI=1S/C20H18BrN3O/c1-22-18-13-10-23-17(11-5-6-11)9-15(13)20(19(25)24-18)8-7-12-14(20)3-2-4-16(12)21/h2-4,9-11H,5-8H2,1H3,(H,22,24,25). The van der Waals surface area contributed by atoms with Gasteiger partial charge in [0.2, 0.25) is 0 Å². The fourth-order valence-electron chi connectivity index (χ4n) is 4.34. The third kappa shape index (κ3) is 2.02. The summed E-state index contributed by atoms with van der Waals surface area (Å²) < 4.78 is 1.08. The molecule has 1 atom stereocenters. The number of halogens is 1. The predicted octanol–water partition coefficient (Wildman–Crippen LogP) is 3.46. The van der Waals surface area contributed by atoms with E-state index in [1.807, 2.05) is 19.3 Å². The highest BCUT2D eigenvalue weighted by atomic mass is 79.9. The van der Waals surface area contributed by atoms with E-state index in [0.717, 1.165) is 39.7 Å². The number of nitrogens with one attached hydrogen (secondary N) is 1. The van der Waals surface area contributed by atoms with Gasteiger partial charge in [0.15, 0.2) is 0 Å². The van der Waals surface area contributed by atoms with E-state index in [-0.39, 0.29) is 5.91 Å². The topological polar surface area (TPSA) is 54.4 Å². The lowest BCUT2D eigenvalue weighted by molar-refractivity contribution is -0.122. The Morgan fingerprint density at radius 3 is 2.88 bits per heavy atom. The maximum absolute atomic E-state index is 13.3.